The standard InChI is InChI=1S/C20H28N2O3/c1-13-14(2)19(24-5)9-8-17(13)20-21-18(15(3)25-20)12-22-10-6-7-16(11-22)23-4/h8-9,16H,6-7,10-12H2,1-5H3/t16-/m1/s1. The largest absolute Gasteiger partial charge is 0.496 e. The van der Waals surface area contributed by atoms with E-state index < -0.39 is 0 Å². The van der Waals surface area contributed by atoms with E-state index in [1.807, 2.05) is 19.1 Å². The first kappa shape index (κ1) is 18.0. The molecule has 1 aromatic heterocycles. The Balaban J connectivity index is 1.82. The molecule has 1 fully saturated rings. The van der Waals surface area contributed by atoms with Crippen molar-refractivity contribution >= 4 is 0 Å². The van der Waals surface area contributed by atoms with Gasteiger partial charge in [0.2, 0.25) is 5.89 Å². The maximum absolute atomic E-state index is 5.99. The van der Waals surface area contributed by atoms with E-state index in [0.717, 1.165) is 59.9 Å². The number of aromatic nitrogens is 1. The highest BCUT2D eigenvalue weighted by atomic mass is 16.5. The van der Waals surface area contributed by atoms with Crippen LogP contribution < -0.4 is 4.74 Å². The van der Waals surface area contributed by atoms with Gasteiger partial charge in [-0.25, -0.2) is 4.98 Å². The molecule has 0 bridgehead atoms. The van der Waals surface area contributed by atoms with Crippen LogP contribution in [0.4, 0.5) is 0 Å². The number of rotatable bonds is 5. The van der Waals surface area contributed by atoms with Crippen LogP contribution in [-0.2, 0) is 11.3 Å². The molecule has 0 unspecified atom stereocenters. The lowest BCUT2D eigenvalue weighted by Gasteiger charge is -2.31. The smallest absolute Gasteiger partial charge is 0.226 e. The van der Waals surface area contributed by atoms with Gasteiger partial charge in [0.05, 0.1) is 18.9 Å². The van der Waals surface area contributed by atoms with Crippen molar-refractivity contribution in [3.05, 3.63) is 34.7 Å². The minimum Gasteiger partial charge on any atom is -0.496 e. The summed E-state index contributed by atoms with van der Waals surface area (Å²) in [5.41, 5.74) is 4.31. The SMILES string of the molecule is COc1ccc(-c2nc(CN3CCC[C@@H](OC)C3)c(C)o2)c(C)c1C. The molecule has 2 heterocycles. The van der Waals surface area contributed by atoms with E-state index in [9.17, 15) is 0 Å². The van der Waals surface area contributed by atoms with E-state index in [1.165, 1.54) is 6.42 Å². The zero-order valence-corrected chi connectivity index (χ0v) is 15.9. The number of benzene rings is 1. The van der Waals surface area contributed by atoms with Gasteiger partial charge in [-0.2, -0.15) is 0 Å². The maximum Gasteiger partial charge on any atom is 0.226 e. The molecule has 0 aliphatic carbocycles. The Morgan fingerprint density at radius 2 is 2.00 bits per heavy atom. The van der Waals surface area contributed by atoms with Crippen LogP contribution in [0.3, 0.4) is 0 Å². The second-order valence-corrected chi connectivity index (χ2v) is 6.82. The first-order valence-corrected chi connectivity index (χ1v) is 8.89. The molecular formula is C20H28N2O3. The van der Waals surface area contributed by atoms with E-state index in [4.69, 9.17) is 18.9 Å². The van der Waals surface area contributed by atoms with Gasteiger partial charge in [-0.1, -0.05) is 0 Å². The van der Waals surface area contributed by atoms with Crippen LogP contribution in [0.2, 0.25) is 0 Å². The molecule has 2 aromatic rings. The first-order valence-electron chi connectivity index (χ1n) is 8.89. The third-order valence-corrected chi connectivity index (χ3v) is 5.25. The Morgan fingerprint density at radius 3 is 2.72 bits per heavy atom. The highest BCUT2D eigenvalue weighted by Crippen LogP contribution is 2.32. The molecule has 25 heavy (non-hydrogen) atoms. The normalized spacial score (nSPS) is 18.5. The van der Waals surface area contributed by atoms with Crippen molar-refractivity contribution in [3.8, 4) is 17.2 Å². The number of nitrogens with zero attached hydrogens (tertiary/aromatic N) is 2. The average Bonchev–Trinajstić information content (AvgIpc) is 2.97. The fourth-order valence-electron chi connectivity index (χ4n) is 3.50. The third kappa shape index (κ3) is 3.72. The van der Waals surface area contributed by atoms with Crippen LogP contribution in [-0.4, -0.2) is 43.3 Å². The topological polar surface area (TPSA) is 47.7 Å². The maximum atomic E-state index is 5.99. The lowest BCUT2D eigenvalue weighted by atomic mass is 10.0. The van der Waals surface area contributed by atoms with Crippen LogP contribution >= 0.6 is 0 Å². The monoisotopic (exact) mass is 344 g/mol. The number of hydrogen-bond acceptors (Lipinski definition) is 5. The summed E-state index contributed by atoms with van der Waals surface area (Å²) in [5, 5.41) is 0. The quantitative estimate of drug-likeness (QED) is 0.823. The Kier molecular flexibility index (Phi) is 5.45. The second kappa shape index (κ2) is 7.58. The fraction of sp³-hybridized carbons (Fsp3) is 0.550. The van der Waals surface area contributed by atoms with Gasteiger partial charge in [-0.15, -0.1) is 0 Å². The van der Waals surface area contributed by atoms with Gasteiger partial charge < -0.3 is 13.9 Å². The van der Waals surface area contributed by atoms with Gasteiger partial charge in [-0.3, -0.25) is 4.90 Å². The number of oxazole rings is 1. The van der Waals surface area contributed by atoms with Crippen molar-refractivity contribution in [3.63, 3.8) is 0 Å². The van der Waals surface area contributed by atoms with Gasteiger partial charge in [0.15, 0.2) is 0 Å². The molecule has 1 saturated heterocycles. The molecule has 3 rings (SSSR count). The van der Waals surface area contributed by atoms with Crippen molar-refractivity contribution in [1.29, 1.82) is 0 Å². The minimum absolute atomic E-state index is 0.326. The molecule has 5 nitrogen and oxygen atoms in total. The van der Waals surface area contributed by atoms with E-state index >= 15 is 0 Å². The predicted molar refractivity (Wildman–Crippen MR) is 98.0 cm³/mol. The number of aryl methyl sites for hydroxylation is 1. The lowest BCUT2D eigenvalue weighted by Crippen LogP contribution is -2.38. The van der Waals surface area contributed by atoms with Crippen molar-refractivity contribution in [1.82, 2.24) is 9.88 Å². The van der Waals surface area contributed by atoms with Gasteiger partial charge in [-0.05, 0) is 63.4 Å². The Bertz CT molecular complexity index is 739. The number of methoxy groups -OCH3 is 2. The predicted octanol–water partition coefficient (Wildman–Crippen LogP) is 3.89. The highest BCUT2D eigenvalue weighted by Gasteiger charge is 2.22. The van der Waals surface area contributed by atoms with Crippen LogP contribution in [0.15, 0.2) is 16.5 Å². The number of piperidine rings is 1. The molecule has 1 aliphatic heterocycles. The molecule has 0 spiro atoms. The van der Waals surface area contributed by atoms with Gasteiger partial charge >= 0.3 is 0 Å². The summed E-state index contributed by atoms with van der Waals surface area (Å²) in [5.74, 6) is 2.47. The second-order valence-electron chi connectivity index (χ2n) is 6.82. The van der Waals surface area contributed by atoms with Crippen molar-refractivity contribution in [2.24, 2.45) is 0 Å². The Labute approximate surface area is 149 Å². The highest BCUT2D eigenvalue weighted by molar-refractivity contribution is 5.63. The fourth-order valence-corrected chi connectivity index (χ4v) is 3.50. The summed E-state index contributed by atoms with van der Waals surface area (Å²) in [6, 6.07) is 4.00. The van der Waals surface area contributed by atoms with Crippen LogP contribution in [0.25, 0.3) is 11.5 Å². The molecule has 0 amide bonds. The Morgan fingerprint density at radius 1 is 1.20 bits per heavy atom. The summed E-state index contributed by atoms with van der Waals surface area (Å²) in [6.07, 6.45) is 2.63. The molecule has 1 aliphatic rings. The van der Waals surface area contributed by atoms with Gasteiger partial charge in [0, 0.05) is 25.8 Å². The summed E-state index contributed by atoms with van der Waals surface area (Å²) in [7, 11) is 3.49. The summed E-state index contributed by atoms with van der Waals surface area (Å²) < 4.78 is 16.9. The number of ether oxygens (including phenoxy) is 2. The van der Waals surface area contributed by atoms with E-state index in [0.29, 0.717) is 12.0 Å². The van der Waals surface area contributed by atoms with Crippen LogP contribution in [0, 0.1) is 20.8 Å². The van der Waals surface area contributed by atoms with Crippen LogP contribution in [0.5, 0.6) is 5.75 Å². The van der Waals surface area contributed by atoms with Crippen molar-refractivity contribution in [2.75, 3.05) is 27.3 Å². The zero-order chi connectivity index (χ0) is 18.0. The molecule has 1 atom stereocenters. The minimum atomic E-state index is 0.326. The third-order valence-electron chi connectivity index (χ3n) is 5.25. The molecule has 1 aromatic carbocycles. The van der Waals surface area contributed by atoms with Gasteiger partial charge in [0.25, 0.3) is 0 Å². The molecule has 0 saturated carbocycles. The molecule has 5 heteroatoms. The molecule has 0 N–H and O–H groups in total. The van der Waals surface area contributed by atoms with Crippen molar-refractivity contribution in [2.45, 2.75) is 46.3 Å². The van der Waals surface area contributed by atoms with Crippen molar-refractivity contribution < 1.29 is 13.9 Å². The first-order chi connectivity index (χ1) is 12.0. The lowest BCUT2D eigenvalue weighted by molar-refractivity contribution is 0.0280. The number of likely N-dealkylation sites (tertiary alicyclic amines) is 1. The summed E-state index contributed by atoms with van der Waals surface area (Å²) >= 11 is 0. The van der Waals surface area contributed by atoms with E-state index in [1.54, 1.807) is 14.2 Å². The number of hydrogen-bond donors (Lipinski definition) is 0. The summed E-state index contributed by atoms with van der Waals surface area (Å²) in [6.45, 7) is 8.99. The average molecular weight is 344 g/mol. The molecule has 0 radical (unpaired) electrons. The summed E-state index contributed by atoms with van der Waals surface area (Å²) in [4.78, 5) is 7.19. The molecular weight excluding hydrogens is 316 g/mol. The van der Waals surface area contributed by atoms with E-state index in [-0.39, 0.29) is 0 Å². The zero-order valence-electron chi connectivity index (χ0n) is 15.9. The Hall–Kier alpha value is -1.85. The molecule has 136 valence electrons. The van der Waals surface area contributed by atoms with E-state index in [2.05, 4.69) is 18.7 Å². The van der Waals surface area contributed by atoms with Gasteiger partial charge in [0.1, 0.15) is 11.5 Å². The van der Waals surface area contributed by atoms with Crippen LogP contribution in [0.1, 0.15) is 35.4 Å².